The van der Waals surface area contributed by atoms with Gasteiger partial charge in [0.2, 0.25) is 7.55 Å². The molecule has 1 aromatic rings. The van der Waals surface area contributed by atoms with Crippen LogP contribution in [-0.2, 0) is 0 Å². The molecule has 0 spiro atoms. The van der Waals surface area contributed by atoms with Crippen LogP contribution in [0.15, 0.2) is 30.6 Å². The molecule has 0 aliphatic carbocycles. The third-order valence-electron chi connectivity index (χ3n) is 3.88. The lowest BCUT2D eigenvalue weighted by atomic mass is 10.5. The Bertz CT molecular complexity index is 315. The molecule has 7 heteroatoms. The molecule has 0 N–H and O–H groups in total. The van der Waals surface area contributed by atoms with E-state index in [0.29, 0.717) is 0 Å². The minimum absolute atomic E-state index is 0.720. The standard InChI is InChI=1S/C6H18Si2.C5H5N.C3H12ClNSi2/c1-7(2,3)8(4,5)6;1-2-4-6-5-3-1;1-5(6)7(2,3)4/h1-6H3;1-5H;1-3,6H3. The van der Waals surface area contributed by atoms with Crippen molar-refractivity contribution in [1.29, 1.82) is 0 Å². The minimum atomic E-state index is -1.37. The van der Waals surface area contributed by atoms with E-state index in [2.05, 4.69) is 68.6 Å². The predicted octanol–water partition coefficient (Wildman–Crippen LogP) is 3.96. The largest absolute Gasteiger partial charge is 0.344 e. The van der Waals surface area contributed by atoms with Crippen LogP contribution in [0, 0.1) is 0 Å². The van der Waals surface area contributed by atoms with Crippen LogP contribution in [-0.4, -0.2) is 49.4 Å². The summed E-state index contributed by atoms with van der Waals surface area (Å²) in [6, 6.07) is 5.72. The molecule has 0 unspecified atom stereocenters. The van der Waals surface area contributed by atoms with E-state index < -0.39 is 22.7 Å². The highest BCUT2D eigenvalue weighted by molar-refractivity contribution is 7.39. The van der Waals surface area contributed by atoms with Gasteiger partial charge in [0.05, 0.1) is 10.4 Å². The summed E-state index contributed by atoms with van der Waals surface area (Å²) < 4.78 is 2.23. The molecule has 0 aromatic carbocycles. The SMILES string of the molecule is CN([SiH3])[Si](C)(C)Cl.C[Si](C)(C)[Si](C)(C)C.c1ccncc1. The zero-order valence-corrected chi connectivity index (χ0v) is 21.4. The topological polar surface area (TPSA) is 16.1 Å². The number of hydrogen-bond acceptors (Lipinski definition) is 2. The smallest absolute Gasteiger partial charge is 0.215 e. The average Bonchev–Trinajstić information content (AvgIpc) is 2.29. The molecular formula is C14H35ClN2Si4. The highest BCUT2D eigenvalue weighted by Gasteiger charge is 2.31. The van der Waals surface area contributed by atoms with E-state index in [-0.39, 0.29) is 0 Å². The Morgan fingerprint density at radius 3 is 1.14 bits per heavy atom. The molecular weight excluding hydrogens is 344 g/mol. The monoisotopic (exact) mass is 378 g/mol. The first-order valence-corrected chi connectivity index (χ1v) is 20.3. The molecule has 0 aliphatic heterocycles. The summed E-state index contributed by atoms with van der Waals surface area (Å²) in [5.41, 5.74) is 0. The average molecular weight is 379 g/mol. The van der Waals surface area contributed by atoms with Gasteiger partial charge in [-0.15, -0.1) is 11.1 Å². The third kappa shape index (κ3) is 15.0. The molecule has 1 rings (SSSR count). The van der Waals surface area contributed by atoms with E-state index in [1.54, 1.807) is 12.4 Å². The maximum Gasteiger partial charge on any atom is 0.215 e. The number of pyridine rings is 1. The van der Waals surface area contributed by atoms with Crippen molar-refractivity contribution in [2.24, 2.45) is 0 Å². The Kier molecular flexibility index (Phi) is 11.3. The van der Waals surface area contributed by atoms with Crippen molar-refractivity contribution in [3.05, 3.63) is 30.6 Å². The van der Waals surface area contributed by atoms with Crippen molar-refractivity contribution in [1.82, 2.24) is 9.22 Å². The molecule has 0 saturated carbocycles. The van der Waals surface area contributed by atoms with Gasteiger partial charge in [-0.1, -0.05) is 45.3 Å². The highest BCUT2D eigenvalue weighted by Crippen LogP contribution is 2.17. The van der Waals surface area contributed by atoms with Crippen LogP contribution in [0.5, 0.6) is 0 Å². The van der Waals surface area contributed by atoms with Crippen LogP contribution in [0.2, 0.25) is 52.4 Å². The second kappa shape index (κ2) is 10.1. The van der Waals surface area contributed by atoms with Crippen molar-refractivity contribution >= 4 is 44.2 Å². The van der Waals surface area contributed by atoms with Crippen molar-refractivity contribution in [2.45, 2.75) is 52.4 Å². The summed E-state index contributed by atoms with van der Waals surface area (Å²) >= 11 is 5.97. The Morgan fingerprint density at radius 2 is 1.10 bits per heavy atom. The highest BCUT2D eigenvalue weighted by atomic mass is 35.6. The first-order chi connectivity index (χ1) is 9.19. The molecule has 0 atom stereocenters. The second-order valence-corrected chi connectivity index (χ2v) is 34.6. The number of nitrogens with zero attached hydrogens (tertiary/aromatic N) is 2. The fourth-order valence-electron chi connectivity index (χ4n) is 0.313. The first kappa shape index (κ1) is 23.5. The van der Waals surface area contributed by atoms with Gasteiger partial charge in [0.1, 0.15) is 0 Å². The van der Waals surface area contributed by atoms with Gasteiger partial charge in [0.15, 0.2) is 0 Å². The molecule has 2 nitrogen and oxygen atoms in total. The van der Waals surface area contributed by atoms with Gasteiger partial charge in [-0.2, -0.15) is 0 Å². The lowest BCUT2D eigenvalue weighted by molar-refractivity contribution is 0.839. The van der Waals surface area contributed by atoms with Gasteiger partial charge in [0, 0.05) is 27.6 Å². The summed E-state index contributed by atoms with van der Waals surface area (Å²) in [5.74, 6) is 0. The predicted molar refractivity (Wildman–Crippen MR) is 112 cm³/mol. The van der Waals surface area contributed by atoms with Crippen LogP contribution in [0.1, 0.15) is 0 Å². The van der Waals surface area contributed by atoms with Gasteiger partial charge in [-0.05, 0) is 32.3 Å². The van der Waals surface area contributed by atoms with Crippen molar-refractivity contribution in [3.8, 4) is 0 Å². The maximum absolute atomic E-state index is 5.97. The molecule has 0 radical (unpaired) electrons. The second-order valence-electron chi connectivity index (χ2n) is 7.83. The molecule has 124 valence electrons. The summed E-state index contributed by atoms with van der Waals surface area (Å²) in [4.78, 5) is 3.78. The van der Waals surface area contributed by atoms with Gasteiger partial charge >= 0.3 is 0 Å². The zero-order chi connectivity index (χ0) is 17.3. The van der Waals surface area contributed by atoms with Gasteiger partial charge in [-0.25, -0.2) is 0 Å². The van der Waals surface area contributed by atoms with Gasteiger partial charge < -0.3 is 4.23 Å². The van der Waals surface area contributed by atoms with Crippen molar-refractivity contribution < 1.29 is 0 Å². The summed E-state index contributed by atoms with van der Waals surface area (Å²) in [6.07, 6.45) is 3.50. The van der Waals surface area contributed by atoms with Crippen molar-refractivity contribution in [3.63, 3.8) is 0 Å². The minimum Gasteiger partial charge on any atom is -0.344 e. The van der Waals surface area contributed by atoms with E-state index in [4.69, 9.17) is 11.1 Å². The summed E-state index contributed by atoms with van der Waals surface area (Å²) in [7, 11) is 0.359. The fourth-order valence-corrected chi connectivity index (χ4v) is 0.313. The van der Waals surface area contributed by atoms with Crippen LogP contribution in [0.3, 0.4) is 0 Å². The van der Waals surface area contributed by atoms with E-state index in [9.17, 15) is 0 Å². The number of hydrogen-bond donors (Lipinski definition) is 0. The summed E-state index contributed by atoms with van der Waals surface area (Å²) in [5, 5.41) is 0. The third-order valence-corrected chi connectivity index (χ3v) is 29.2. The van der Waals surface area contributed by atoms with Crippen molar-refractivity contribution in [2.75, 3.05) is 7.05 Å². The Morgan fingerprint density at radius 1 is 0.810 bits per heavy atom. The van der Waals surface area contributed by atoms with E-state index >= 15 is 0 Å². The molecule has 0 aliphatic rings. The van der Waals surface area contributed by atoms with E-state index in [0.717, 1.165) is 10.4 Å². The Hall–Kier alpha value is 0.268. The molecule has 0 saturated heterocycles. The molecule has 21 heavy (non-hydrogen) atoms. The van der Waals surface area contributed by atoms with Gasteiger partial charge in [-0.3, -0.25) is 4.98 Å². The Labute approximate surface area is 143 Å². The van der Waals surface area contributed by atoms with Crippen LogP contribution in [0.25, 0.3) is 0 Å². The molecule has 0 amide bonds. The molecule has 1 heterocycles. The molecule has 0 fully saturated rings. The number of aromatic nitrogens is 1. The quantitative estimate of drug-likeness (QED) is 0.571. The number of halogens is 1. The normalized spacial score (nSPS) is 12.1. The van der Waals surface area contributed by atoms with Crippen LogP contribution < -0.4 is 0 Å². The fraction of sp³-hybridized carbons (Fsp3) is 0.643. The lowest BCUT2D eigenvalue weighted by Crippen LogP contribution is -2.49. The first-order valence-electron chi connectivity index (χ1n) is 7.41. The van der Waals surface area contributed by atoms with Gasteiger partial charge in [0.25, 0.3) is 0 Å². The Balaban J connectivity index is 0. The van der Waals surface area contributed by atoms with Crippen LogP contribution >= 0.6 is 11.1 Å². The molecule has 0 bridgehead atoms. The van der Waals surface area contributed by atoms with Crippen LogP contribution in [0.4, 0.5) is 0 Å². The van der Waals surface area contributed by atoms with E-state index in [1.165, 1.54) is 0 Å². The van der Waals surface area contributed by atoms with E-state index in [1.807, 2.05) is 18.2 Å². The number of rotatable bonds is 2. The zero-order valence-electron chi connectivity index (χ0n) is 15.7. The summed E-state index contributed by atoms with van der Waals surface area (Å²) in [6.45, 7) is 19.1. The lowest BCUT2D eigenvalue weighted by Gasteiger charge is -2.30. The maximum atomic E-state index is 5.97. The molecule has 1 aromatic heterocycles.